The highest BCUT2D eigenvalue weighted by molar-refractivity contribution is 5.79. The molecule has 0 spiro atoms. The summed E-state index contributed by atoms with van der Waals surface area (Å²) in [6.45, 7) is 5.13. The van der Waals surface area contributed by atoms with Crippen LogP contribution in [0.2, 0.25) is 0 Å². The Morgan fingerprint density at radius 1 is 1.28 bits per heavy atom. The normalized spacial score (nSPS) is 27.1. The fourth-order valence-corrected chi connectivity index (χ4v) is 3.91. The molecule has 2 heterocycles. The van der Waals surface area contributed by atoms with Gasteiger partial charge in [0.25, 0.3) is 0 Å². The van der Waals surface area contributed by atoms with Crippen LogP contribution in [0, 0.1) is 11.8 Å². The maximum atomic E-state index is 12.5. The Hall–Kier alpha value is -1.69. The van der Waals surface area contributed by atoms with E-state index in [1.54, 1.807) is 18.6 Å². The molecule has 1 N–H and O–H groups in total. The molecule has 3 rings (SSSR count). The lowest BCUT2D eigenvalue weighted by molar-refractivity contribution is -0.125. The Kier molecular flexibility index (Phi) is 6.62. The molecule has 1 aliphatic heterocycles. The highest BCUT2D eigenvalue weighted by atomic mass is 16.5. The van der Waals surface area contributed by atoms with Crippen LogP contribution < -0.4 is 10.2 Å². The fourth-order valence-electron chi connectivity index (χ4n) is 3.91. The van der Waals surface area contributed by atoms with Crippen LogP contribution in [0.1, 0.15) is 45.4 Å². The monoisotopic (exact) mass is 346 g/mol. The van der Waals surface area contributed by atoms with E-state index in [0.29, 0.717) is 31.7 Å². The highest BCUT2D eigenvalue weighted by Gasteiger charge is 2.26. The molecule has 138 valence electrons. The first kappa shape index (κ1) is 18.1. The lowest BCUT2D eigenvalue weighted by Crippen LogP contribution is -2.44. The summed E-state index contributed by atoms with van der Waals surface area (Å²) in [6.07, 6.45) is 12.4. The topological polar surface area (TPSA) is 67.3 Å². The van der Waals surface area contributed by atoms with Crippen molar-refractivity contribution in [3.8, 4) is 0 Å². The highest BCUT2D eigenvalue weighted by Crippen LogP contribution is 2.26. The van der Waals surface area contributed by atoms with Gasteiger partial charge in [0, 0.05) is 32.0 Å². The van der Waals surface area contributed by atoms with Crippen molar-refractivity contribution in [1.29, 1.82) is 0 Å². The van der Waals surface area contributed by atoms with E-state index in [1.165, 1.54) is 19.3 Å². The third-order valence-corrected chi connectivity index (χ3v) is 5.43. The third-order valence-electron chi connectivity index (χ3n) is 5.43. The van der Waals surface area contributed by atoms with Gasteiger partial charge in [-0.2, -0.15) is 0 Å². The summed E-state index contributed by atoms with van der Waals surface area (Å²) in [4.78, 5) is 23.1. The maximum absolute atomic E-state index is 12.5. The number of nitrogens with zero attached hydrogens (tertiary/aromatic N) is 3. The second-order valence-electron chi connectivity index (χ2n) is 7.31. The van der Waals surface area contributed by atoms with Gasteiger partial charge in [-0.05, 0) is 31.6 Å². The predicted molar refractivity (Wildman–Crippen MR) is 97.4 cm³/mol. The molecule has 1 saturated heterocycles. The summed E-state index contributed by atoms with van der Waals surface area (Å²) >= 11 is 0. The van der Waals surface area contributed by atoms with Gasteiger partial charge in [-0.3, -0.25) is 9.78 Å². The molecule has 0 unspecified atom stereocenters. The SMILES string of the molecule is C[C@@H]1CCCC[C@@H]1OCCNC(=O)[C@@H]1CCCN(c2cnccn2)C1. The Morgan fingerprint density at radius 2 is 2.16 bits per heavy atom. The standard InChI is InChI=1S/C19H30N4O2/c1-15-5-2-3-7-17(15)25-12-10-22-19(24)16-6-4-11-23(14-16)18-13-20-8-9-21-18/h8-9,13,15-17H,2-7,10-12,14H2,1H3,(H,22,24)/t15-,16-,17+/m1/s1. The average Bonchev–Trinajstić information content (AvgIpc) is 2.67. The summed E-state index contributed by atoms with van der Waals surface area (Å²) in [6, 6.07) is 0. The zero-order chi connectivity index (χ0) is 17.5. The quantitative estimate of drug-likeness (QED) is 0.801. The van der Waals surface area contributed by atoms with E-state index < -0.39 is 0 Å². The van der Waals surface area contributed by atoms with Crippen LogP contribution in [-0.4, -0.2) is 48.2 Å². The number of amides is 1. The van der Waals surface area contributed by atoms with Crippen LogP contribution in [0.15, 0.2) is 18.6 Å². The van der Waals surface area contributed by atoms with Gasteiger partial charge in [0.2, 0.25) is 5.91 Å². The number of piperidine rings is 1. The summed E-state index contributed by atoms with van der Waals surface area (Å²) in [7, 11) is 0. The molecule has 1 aromatic heterocycles. The van der Waals surface area contributed by atoms with E-state index in [2.05, 4.69) is 27.1 Å². The first-order valence-electron chi connectivity index (χ1n) is 9.64. The molecule has 1 amide bonds. The summed E-state index contributed by atoms with van der Waals surface area (Å²) < 4.78 is 5.98. The van der Waals surface area contributed by atoms with Crippen molar-refractivity contribution in [2.75, 3.05) is 31.1 Å². The van der Waals surface area contributed by atoms with Crippen molar-refractivity contribution in [2.45, 2.75) is 51.6 Å². The van der Waals surface area contributed by atoms with E-state index in [1.807, 2.05) is 0 Å². The molecule has 0 radical (unpaired) electrons. The summed E-state index contributed by atoms with van der Waals surface area (Å²) in [5, 5.41) is 3.05. The molecule has 0 aromatic carbocycles. The molecule has 6 heteroatoms. The van der Waals surface area contributed by atoms with Crippen LogP contribution in [0.3, 0.4) is 0 Å². The Labute approximate surface area is 150 Å². The van der Waals surface area contributed by atoms with Crippen LogP contribution in [0.4, 0.5) is 5.82 Å². The van der Waals surface area contributed by atoms with Gasteiger partial charge < -0.3 is 15.0 Å². The van der Waals surface area contributed by atoms with Gasteiger partial charge in [0.15, 0.2) is 0 Å². The molecule has 1 aliphatic carbocycles. The predicted octanol–water partition coefficient (Wildman–Crippen LogP) is 2.40. The molecule has 0 bridgehead atoms. The van der Waals surface area contributed by atoms with Gasteiger partial charge in [-0.15, -0.1) is 0 Å². The minimum absolute atomic E-state index is 0.0179. The van der Waals surface area contributed by atoms with Crippen molar-refractivity contribution in [2.24, 2.45) is 11.8 Å². The first-order valence-corrected chi connectivity index (χ1v) is 9.64. The molecule has 25 heavy (non-hydrogen) atoms. The molecular weight excluding hydrogens is 316 g/mol. The summed E-state index contributed by atoms with van der Waals surface area (Å²) in [5.74, 6) is 1.65. The van der Waals surface area contributed by atoms with E-state index in [4.69, 9.17) is 4.74 Å². The number of nitrogens with one attached hydrogen (secondary N) is 1. The molecular formula is C19H30N4O2. The number of hydrogen-bond acceptors (Lipinski definition) is 5. The maximum Gasteiger partial charge on any atom is 0.224 e. The van der Waals surface area contributed by atoms with E-state index in [9.17, 15) is 4.79 Å². The van der Waals surface area contributed by atoms with Crippen LogP contribution in [-0.2, 0) is 9.53 Å². The van der Waals surface area contributed by atoms with E-state index in [0.717, 1.165) is 31.6 Å². The average molecular weight is 346 g/mol. The lowest BCUT2D eigenvalue weighted by Gasteiger charge is -2.32. The number of carbonyl (C=O) groups is 1. The zero-order valence-electron chi connectivity index (χ0n) is 15.2. The summed E-state index contributed by atoms with van der Waals surface area (Å²) in [5.41, 5.74) is 0. The second kappa shape index (κ2) is 9.13. The molecule has 1 saturated carbocycles. The van der Waals surface area contributed by atoms with Gasteiger partial charge in [-0.1, -0.05) is 19.8 Å². The van der Waals surface area contributed by atoms with Gasteiger partial charge in [-0.25, -0.2) is 4.98 Å². The molecule has 6 nitrogen and oxygen atoms in total. The molecule has 2 aliphatic rings. The number of hydrogen-bond donors (Lipinski definition) is 1. The van der Waals surface area contributed by atoms with Gasteiger partial charge >= 0.3 is 0 Å². The molecule has 2 fully saturated rings. The minimum atomic E-state index is 0.0179. The number of rotatable bonds is 6. The fraction of sp³-hybridized carbons (Fsp3) is 0.737. The van der Waals surface area contributed by atoms with Gasteiger partial charge in [0.1, 0.15) is 5.82 Å². The van der Waals surface area contributed by atoms with Crippen molar-refractivity contribution >= 4 is 11.7 Å². The second-order valence-corrected chi connectivity index (χ2v) is 7.31. The van der Waals surface area contributed by atoms with E-state index >= 15 is 0 Å². The van der Waals surface area contributed by atoms with Crippen molar-refractivity contribution < 1.29 is 9.53 Å². The smallest absolute Gasteiger partial charge is 0.224 e. The van der Waals surface area contributed by atoms with Crippen molar-refractivity contribution in [1.82, 2.24) is 15.3 Å². The Balaban J connectivity index is 1.39. The van der Waals surface area contributed by atoms with Crippen molar-refractivity contribution in [3.63, 3.8) is 0 Å². The van der Waals surface area contributed by atoms with Crippen molar-refractivity contribution in [3.05, 3.63) is 18.6 Å². The third kappa shape index (κ3) is 5.14. The molecule has 3 atom stereocenters. The molecule has 1 aromatic rings. The van der Waals surface area contributed by atoms with Crippen LogP contribution in [0.25, 0.3) is 0 Å². The number of anilines is 1. The zero-order valence-corrected chi connectivity index (χ0v) is 15.2. The largest absolute Gasteiger partial charge is 0.376 e. The van der Waals surface area contributed by atoms with Crippen LogP contribution in [0.5, 0.6) is 0 Å². The van der Waals surface area contributed by atoms with Gasteiger partial charge in [0.05, 0.1) is 24.8 Å². The first-order chi connectivity index (χ1) is 12.2. The number of carbonyl (C=O) groups excluding carboxylic acids is 1. The number of aromatic nitrogens is 2. The lowest BCUT2D eigenvalue weighted by atomic mass is 9.88. The van der Waals surface area contributed by atoms with Crippen LogP contribution >= 0.6 is 0 Å². The minimum Gasteiger partial charge on any atom is -0.376 e. The number of ether oxygens (including phenoxy) is 1. The Morgan fingerprint density at radius 3 is 2.96 bits per heavy atom. The van der Waals surface area contributed by atoms with E-state index in [-0.39, 0.29) is 11.8 Å². The Bertz CT molecular complexity index is 539.